The molecular weight excluding hydrogens is 574 g/mol. The Bertz CT molecular complexity index is 1680. The summed E-state index contributed by atoms with van der Waals surface area (Å²) >= 11 is 0. The molecule has 0 saturated carbocycles. The average molecular weight is 614 g/mol. The van der Waals surface area contributed by atoms with Gasteiger partial charge in [-0.3, -0.25) is 13.9 Å². The summed E-state index contributed by atoms with van der Waals surface area (Å²) in [5.41, 5.74) is 3.68. The van der Waals surface area contributed by atoms with Crippen molar-refractivity contribution < 1.29 is 22.7 Å². The molecule has 44 heavy (non-hydrogen) atoms. The quantitative estimate of drug-likeness (QED) is 0.221. The van der Waals surface area contributed by atoms with Crippen LogP contribution in [-0.4, -0.2) is 51.4 Å². The van der Waals surface area contributed by atoms with Crippen LogP contribution in [0.15, 0.2) is 108 Å². The van der Waals surface area contributed by atoms with Gasteiger partial charge in [0.25, 0.3) is 10.0 Å². The predicted molar refractivity (Wildman–Crippen MR) is 173 cm³/mol. The van der Waals surface area contributed by atoms with Crippen molar-refractivity contribution in [3.8, 4) is 5.75 Å². The minimum absolute atomic E-state index is 0.0662. The normalized spacial score (nSPS) is 11.8. The molecule has 0 aliphatic rings. The Morgan fingerprint density at radius 2 is 1.50 bits per heavy atom. The molecule has 0 bridgehead atoms. The van der Waals surface area contributed by atoms with E-state index in [4.69, 9.17) is 4.74 Å². The monoisotopic (exact) mass is 613 g/mol. The number of sulfonamides is 1. The molecule has 0 saturated heterocycles. The van der Waals surface area contributed by atoms with E-state index >= 15 is 0 Å². The zero-order chi connectivity index (χ0) is 31.7. The van der Waals surface area contributed by atoms with Crippen LogP contribution in [0.1, 0.15) is 29.2 Å². The molecular formula is C35H39N3O5S. The number of amides is 2. The molecule has 2 amide bonds. The Labute approximate surface area is 260 Å². The number of anilines is 1. The molecule has 1 N–H and O–H groups in total. The molecule has 4 aromatic carbocycles. The first kappa shape index (κ1) is 32.3. The molecule has 230 valence electrons. The van der Waals surface area contributed by atoms with Crippen LogP contribution in [0.5, 0.6) is 5.75 Å². The standard InChI is InChI=1S/C35H39N3O5S/c1-5-36-35(40)33(23-28-13-8-6-9-14-28)37(24-29-15-12-16-30(22-29)43-4)34(39)25-38(32-20-19-26(2)21-27(32)3)44(41,42)31-17-10-7-11-18-31/h6-22,33H,5,23-25H2,1-4H3,(H,36,40)/t33-/m0/s1. The van der Waals surface area contributed by atoms with Crippen molar-refractivity contribution in [3.05, 3.63) is 125 Å². The van der Waals surface area contributed by atoms with Crippen LogP contribution < -0.4 is 14.4 Å². The molecule has 0 unspecified atom stereocenters. The van der Waals surface area contributed by atoms with Gasteiger partial charge in [0.2, 0.25) is 11.8 Å². The smallest absolute Gasteiger partial charge is 0.264 e. The molecule has 0 heterocycles. The summed E-state index contributed by atoms with van der Waals surface area (Å²) in [6.07, 6.45) is 0.247. The number of likely N-dealkylation sites (N-methyl/N-ethyl adjacent to an activating group) is 1. The molecule has 0 aliphatic carbocycles. The number of hydrogen-bond acceptors (Lipinski definition) is 5. The van der Waals surface area contributed by atoms with Crippen molar-refractivity contribution in [2.75, 3.05) is 24.5 Å². The van der Waals surface area contributed by atoms with Gasteiger partial charge in [-0.1, -0.05) is 78.4 Å². The third kappa shape index (κ3) is 7.85. The Morgan fingerprint density at radius 1 is 0.841 bits per heavy atom. The number of nitrogens with zero attached hydrogens (tertiary/aromatic N) is 2. The van der Waals surface area contributed by atoms with Crippen molar-refractivity contribution >= 4 is 27.5 Å². The Kier molecular flexibility index (Phi) is 10.8. The third-order valence-corrected chi connectivity index (χ3v) is 9.11. The highest BCUT2D eigenvalue weighted by molar-refractivity contribution is 7.92. The average Bonchev–Trinajstić information content (AvgIpc) is 3.03. The lowest BCUT2D eigenvalue weighted by molar-refractivity contribution is -0.140. The van der Waals surface area contributed by atoms with Gasteiger partial charge in [-0.05, 0) is 67.8 Å². The summed E-state index contributed by atoms with van der Waals surface area (Å²) in [6, 6.07) is 29.3. The Balaban J connectivity index is 1.82. The first-order valence-corrected chi connectivity index (χ1v) is 16.0. The first-order valence-electron chi connectivity index (χ1n) is 14.5. The third-order valence-electron chi connectivity index (χ3n) is 7.34. The maximum absolute atomic E-state index is 14.5. The maximum Gasteiger partial charge on any atom is 0.264 e. The van der Waals surface area contributed by atoms with E-state index < -0.39 is 28.5 Å². The summed E-state index contributed by atoms with van der Waals surface area (Å²) in [6.45, 7) is 5.50. The molecule has 9 heteroatoms. The van der Waals surface area contributed by atoms with E-state index in [9.17, 15) is 18.0 Å². The summed E-state index contributed by atoms with van der Waals surface area (Å²) < 4.78 is 34.8. The van der Waals surface area contributed by atoms with Crippen LogP contribution in [0.25, 0.3) is 0 Å². The lowest BCUT2D eigenvalue weighted by Crippen LogP contribution is -2.53. The van der Waals surface area contributed by atoms with E-state index in [0.717, 1.165) is 21.0 Å². The van der Waals surface area contributed by atoms with Crippen LogP contribution >= 0.6 is 0 Å². The highest BCUT2D eigenvalue weighted by atomic mass is 32.2. The molecule has 0 fully saturated rings. The van der Waals surface area contributed by atoms with Crippen LogP contribution in [0, 0.1) is 13.8 Å². The number of ether oxygens (including phenoxy) is 1. The Hall–Kier alpha value is -4.63. The topological polar surface area (TPSA) is 96.0 Å². The molecule has 1 atom stereocenters. The van der Waals surface area contributed by atoms with Crippen molar-refractivity contribution in [1.82, 2.24) is 10.2 Å². The summed E-state index contributed by atoms with van der Waals surface area (Å²) in [5.74, 6) is -0.229. The maximum atomic E-state index is 14.5. The van der Waals surface area contributed by atoms with Gasteiger partial charge in [0.05, 0.1) is 17.7 Å². The van der Waals surface area contributed by atoms with Crippen molar-refractivity contribution in [1.29, 1.82) is 0 Å². The first-order chi connectivity index (χ1) is 21.1. The second kappa shape index (κ2) is 14.7. The fraction of sp³-hybridized carbons (Fsp3) is 0.257. The number of hydrogen-bond donors (Lipinski definition) is 1. The molecule has 8 nitrogen and oxygen atoms in total. The zero-order valence-corrected chi connectivity index (χ0v) is 26.4. The van der Waals surface area contributed by atoms with Crippen molar-refractivity contribution in [2.24, 2.45) is 0 Å². The fourth-order valence-corrected chi connectivity index (χ4v) is 6.63. The number of carbonyl (C=O) groups is 2. The minimum atomic E-state index is -4.15. The number of carbonyl (C=O) groups excluding carboxylic acids is 2. The van der Waals surface area contributed by atoms with Crippen LogP contribution in [0.2, 0.25) is 0 Å². The van der Waals surface area contributed by atoms with Gasteiger partial charge in [0, 0.05) is 19.5 Å². The fourth-order valence-electron chi connectivity index (χ4n) is 5.13. The number of nitrogens with one attached hydrogen (secondary N) is 1. The summed E-state index contributed by atoms with van der Waals surface area (Å²) in [5, 5.41) is 2.88. The molecule has 0 aliphatic heterocycles. The van der Waals surface area contributed by atoms with E-state index in [1.165, 1.54) is 17.0 Å². The van der Waals surface area contributed by atoms with Gasteiger partial charge in [-0.2, -0.15) is 0 Å². The summed E-state index contributed by atoms with van der Waals surface area (Å²) in [4.78, 5) is 29.6. The van der Waals surface area contributed by atoms with E-state index in [0.29, 0.717) is 23.5 Å². The highest BCUT2D eigenvalue weighted by Crippen LogP contribution is 2.28. The predicted octanol–water partition coefficient (Wildman–Crippen LogP) is 5.28. The van der Waals surface area contributed by atoms with Gasteiger partial charge in [-0.15, -0.1) is 0 Å². The van der Waals surface area contributed by atoms with Crippen LogP contribution in [0.4, 0.5) is 5.69 Å². The molecule has 4 rings (SSSR count). The lowest BCUT2D eigenvalue weighted by atomic mass is 10.0. The van der Waals surface area contributed by atoms with Gasteiger partial charge < -0.3 is 15.0 Å². The lowest BCUT2D eigenvalue weighted by Gasteiger charge is -2.34. The van der Waals surface area contributed by atoms with E-state index in [1.54, 1.807) is 43.5 Å². The number of aryl methyl sites for hydroxylation is 2. The molecule has 0 spiro atoms. The van der Waals surface area contributed by atoms with E-state index in [2.05, 4.69) is 5.32 Å². The number of benzene rings is 4. The second-order valence-corrected chi connectivity index (χ2v) is 12.5. The van der Waals surface area contributed by atoms with Crippen molar-refractivity contribution in [3.63, 3.8) is 0 Å². The van der Waals surface area contributed by atoms with Crippen molar-refractivity contribution in [2.45, 2.75) is 44.7 Å². The Morgan fingerprint density at radius 3 is 2.14 bits per heavy atom. The van der Waals surface area contributed by atoms with Crippen LogP contribution in [0.3, 0.4) is 0 Å². The summed E-state index contributed by atoms with van der Waals surface area (Å²) in [7, 11) is -2.59. The zero-order valence-electron chi connectivity index (χ0n) is 25.6. The van der Waals surface area contributed by atoms with E-state index in [1.807, 2.05) is 75.4 Å². The van der Waals surface area contributed by atoms with Gasteiger partial charge >= 0.3 is 0 Å². The SMILES string of the molecule is CCNC(=O)[C@H](Cc1ccccc1)N(Cc1cccc(OC)c1)C(=O)CN(c1ccc(C)cc1C)S(=O)(=O)c1ccccc1. The number of methoxy groups -OCH3 is 1. The highest BCUT2D eigenvalue weighted by Gasteiger charge is 2.35. The molecule has 4 aromatic rings. The largest absolute Gasteiger partial charge is 0.497 e. The van der Waals surface area contributed by atoms with Gasteiger partial charge in [0.1, 0.15) is 18.3 Å². The van der Waals surface area contributed by atoms with E-state index in [-0.39, 0.29) is 23.8 Å². The van der Waals surface area contributed by atoms with Gasteiger partial charge in [0.15, 0.2) is 0 Å². The van der Waals surface area contributed by atoms with Crippen LogP contribution in [-0.2, 0) is 32.6 Å². The number of rotatable bonds is 13. The second-order valence-electron chi connectivity index (χ2n) is 10.6. The van der Waals surface area contributed by atoms with Gasteiger partial charge in [-0.25, -0.2) is 8.42 Å². The molecule has 0 radical (unpaired) electrons. The molecule has 0 aromatic heterocycles. The minimum Gasteiger partial charge on any atom is -0.497 e.